The molecule has 0 fully saturated rings. The van der Waals surface area contributed by atoms with Gasteiger partial charge in [0.1, 0.15) is 5.75 Å². The third-order valence-corrected chi connectivity index (χ3v) is 4.87. The summed E-state index contributed by atoms with van der Waals surface area (Å²) in [5.74, 6) is 0.516. The number of nitrogens with zero attached hydrogens (tertiary/aromatic N) is 2. The van der Waals surface area contributed by atoms with Crippen LogP contribution in [-0.4, -0.2) is 28.4 Å². The monoisotopic (exact) mass is 432 g/mol. The Hall–Kier alpha value is -3.74. The number of anilines is 1. The van der Waals surface area contributed by atoms with Crippen molar-refractivity contribution in [2.45, 2.75) is 33.7 Å². The van der Waals surface area contributed by atoms with Crippen LogP contribution < -0.4 is 15.4 Å². The molecule has 1 atom stereocenters. The number of carbonyl (C=O) groups is 2. The Balaban J connectivity index is 1.82. The predicted octanol–water partition coefficient (Wildman–Crippen LogP) is 4.63. The maximum Gasteiger partial charge on any atom is 0.255 e. The van der Waals surface area contributed by atoms with E-state index in [0.717, 1.165) is 11.1 Å². The number of carbonyl (C=O) groups excluding carboxylic acids is 2. The highest BCUT2D eigenvalue weighted by Crippen LogP contribution is 2.25. The van der Waals surface area contributed by atoms with Crippen molar-refractivity contribution in [1.82, 2.24) is 15.3 Å². The van der Waals surface area contributed by atoms with Gasteiger partial charge in [0.2, 0.25) is 5.91 Å². The van der Waals surface area contributed by atoms with Gasteiger partial charge < -0.3 is 15.4 Å². The van der Waals surface area contributed by atoms with E-state index >= 15 is 0 Å². The van der Waals surface area contributed by atoms with Crippen LogP contribution in [0.2, 0.25) is 0 Å². The summed E-state index contributed by atoms with van der Waals surface area (Å²) in [6.07, 6.45) is 3.39. The average Bonchev–Trinajstić information content (AvgIpc) is 2.80. The van der Waals surface area contributed by atoms with Gasteiger partial charge in [0, 0.05) is 29.6 Å². The molecule has 2 aromatic carbocycles. The Bertz CT molecular complexity index is 1080. The van der Waals surface area contributed by atoms with Crippen molar-refractivity contribution in [3.63, 3.8) is 0 Å². The summed E-state index contributed by atoms with van der Waals surface area (Å²) in [6, 6.07) is 14.3. The molecule has 2 amide bonds. The third-order valence-electron chi connectivity index (χ3n) is 4.87. The van der Waals surface area contributed by atoms with Gasteiger partial charge in [0.05, 0.1) is 18.2 Å². The van der Waals surface area contributed by atoms with E-state index in [4.69, 9.17) is 4.74 Å². The van der Waals surface area contributed by atoms with Crippen LogP contribution in [0.25, 0.3) is 11.4 Å². The number of hydrogen-bond acceptors (Lipinski definition) is 5. The third kappa shape index (κ3) is 5.69. The molecule has 7 nitrogen and oxygen atoms in total. The van der Waals surface area contributed by atoms with Gasteiger partial charge in [-0.05, 0) is 49.7 Å². The van der Waals surface area contributed by atoms with Crippen LogP contribution in [-0.2, 0) is 4.79 Å². The lowest BCUT2D eigenvalue weighted by Crippen LogP contribution is -2.27. The van der Waals surface area contributed by atoms with Crippen LogP contribution >= 0.6 is 0 Å². The second-order valence-electron chi connectivity index (χ2n) is 7.68. The smallest absolute Gasteiger partial charge is 0.255 e. The summed E-state index contributed by atoms with van der Waals surface area (Å²) in [5.41, 5.74) is 2.71. The Kier molecular flexibility index (Phi) is 7.54. The normalized spacial score (nSPS) is 11.7. The van der Waals surface area contributed by atoms with Crippen molar-refractivity contribution in [2.24, 2.45) is 5.92 Å². The zero-order chi connectivity index (χ0) is 23.1. The molecule has 166 valence electrons. The standard InChI is InChI=1S/C25H28N4O3/c1-5-32-22-11-10-20(29-24(30)16(2)3)15-21(22)25(31)28-17(4)18-8-6-9-19(14-18)23-26-12-7-13-27-23/h6-17H,5H2,1-4H3,(H,28,31)(H,29,30). The number of ether oxygens (including phenoxy) is 1. The van der Waals surface area contributed by atoms with Crippen molar-refractivity contribution < 1.29 is 14.3 Å². The second kappa shape index (κ2) is 10.5. The van der Waals surface area contributed by atoms with Crippen molar-refractivity contribution >= 4 is 17.5 Å². The van der Waals surface area contributed by atoms with Gasteiger partial charge in [0.25, 0.3) is 5.91 Å². The maximum absolute atomic E-state index is 13.1. The van der Waals surface area contributed by atoms with Gasteiger partial charge in [-0.25, -0.2) is 9.97 Å². The van der Waals surface area contributed by atoms with Gasteiger partial charge in [-0.15, -0.1) is 0 Å². The number of amides is 2. The molecule has 1 aromatic heterocycles. The molecule has 0 aliphatic carbocycles. The second-order valence-corrected chi connectivity index (χ2v) is 7.68. The fourth-order valence-corrected chi connectivity index (χ4v) is 3.11. The molecule has 2 N–H and O–H groups in total. The SMILES string of the molecule is CCOc1ccc(NC(=O)C(C)C)cc1C(=O)NC(C)c1cccc(-c2ncccn2)c1. The van der Waals surface area contributed by atoms with Gasteiger partial charge in [-0.1, -0.05) is 32.0 Å². The fraction of sp³-hybridized carbons (Fsp3) is 0.280. The van der Waals surface area contributed by atoms with Gasteiger partial charge in [0.15, 0.2) is 5.82 Å². The quantitative estimate of drug-likeness (QED) is 0.541. The lowest BCUT2D eigenvalue weighted by molar-refractivity contribution is -0.118. The highest BCUT2D eigenvalue weighted by Gasteiger charge is 2.18. The lowest BCUT2D eigenvalue weighted by atomic mass is 10.0. The number of benzene rings is 2. The topological polar surface area (TPSA) is 93.2 Å². The van der Waals surface area contributed by atoms with E-state index in [1.807, 2.05) is 52.0 Å². The first kappa shape index (κ1) is 22.9. The first-order valence-corrected chi connectivity index (χ1v) is 10.6. The van der Waals surface area contributed by atoms with Crippen molar-refractivity contribution in [2.75, 3.05) is 11.9 Å². The molecule has 32 heavy (non-hydrogen) atoms. The van der Waals surface area contributed by atoms with Crippen LogP contribution in [0.5, 0.6) is 5.75 Å². The minimum Gasteiger partial charge on any atom is -0.493 e. The Labute approximate surface area is 188 Å². The van der Waals surface area contributed by atoms with Crippen molar-refractivity contribution in [3.05, 3.63) is 72.1 Å². The van der Waals surface area contributed by atoms with Crippen LogP contribution in [0.4, 0.5) is 5.69 Å². The molecule has 0 radical (unpaired) electrons. The summed E-state index contributed by atoms with van der Waals surface area (Å²) in [5, 5.41) is 5.85. The molecular weight excluding hydrogens is 404 g/mol. The van der Waals surface area contributed by atoms with E-state index in [0.29, 0.717) is 29.4 Å². The fourth-order valence-electron chi connectivity index (χ4n) is 3.11. The molecule has 0 aliphatic rings. The molecular formula is C25H28N4O3. The molecule has 0 saturated carbocycles. The van der Waals surface area contributed by atoms with Crippen LogP contribution in [0.3, 0.4) is 0 Å². The van der Waals surface area contributed by atoms with Crippen LogP contribution in [0.1, 0.15) is 49.7 Å². The zero-order valence-corrected chi connectivity index (χ0v) is 18.8. The molecule has 0 bridgehead atoms. The maximum atomic E-state index is 13.1. The van der Waals surface area contributed by atoms with E-state index < -0.39 is 0 Å². The Morgan fingerprint density at radius 3 is 2.44 bits per heavy atom. The minimum absolute atomic E-state index is 0.117. The molecule has 0 saturated heterocycles. The largest absolute Gasteiger partial charge is 0.493 e. The molecule has 1 heterocycles. The summed E-state index contributed by atoms with van der Waals surface area (Å²) < 4.78 is 5.64. The van der Waals surface area contributed by atoms with Gasteiger partial charge in [-0.2, -0.15) is 0 Å². The average molecular weight is 433 g/mol. The van der Waals surface area contributed by atoms with Crippen LogP contribution in [0, 0.1) is 5.92 Å². The highest BCUT2D eigenvalue weighted by atomic mass is 16.5. The predicted molar refractivity (Wildman–Crippen MR) is 124 cm³/mol. The minimum atomic E-state index is -0.289. The summed E-state index contributed by atoms with van der Waals surface area (Å²) >= 11 is 0. The molecule has 3 aromatic rings. The molecule has 0 aliphatic heterocycles. The molecule has 0 spiro atoms. The van der Waals surface area contributed by atoms with Gasteiger partial charge in [-0.3, -0.25) is 9.59 Å². The van der Waals surface area contributed by atoms with Gasteiger partial charge >= 0.3 is 0 Å². The summed E-state index contributed by atoms with van der Waals surface area (Å²) in [7, 11) is 0. The Morgan fingerprint density at radius 2 is 1.75 bits per heavy atom. The van der Waals surface area contributed by atoms with Crippen molar-refractivity contribution in [3.8, 4) is 17.1 Å². The summed E-state index contributed by atoms with van der Waals surface area (Å²) in [6.45, 7) is 7.82. The van der Waals surface area contributed by atoms with E-state index in [1.54, 1.807) is 36.7 Å². The molecule has 1 unspecified atom stereocenters. The first-order chi connectivity index (χ1) is 15.4. The van der Waals surface area contributed by atoms with Crippen molar-refractivity contribution in [1.29, 1.82) is 0 Å². The number of hydrogen-bond donors (Lipinski definition) is 2. The number of rotatable bonds is 8. The molecule has 3 rings (SSSR count). The van der Waals surface area contributed by atoms with E-state index in [9.17, 15) is 9.59 Å². The summed E-state index contributed by atoms with van der Waals surface area (Å²) in [4.78, 5) is 33.8. The lowest BCUT2D eigenvalue weighted by Gasteiger charge is -2.18. The number of aromatic nitrogens is 2. The highest BCUT2D eigenvalue weighted by molar-refractivity contribution is 6.00. The van der Waals surface area contributed by atoms with Crippen LogP contribution in [0.15, 0.2) is 60.9 Å². The first-order valence-electron chi connectivity index (χ1n) is 10.6. The van der Waals surface area contributed by atoms with E-state index in [1.165, 1.54) is 0 Å². The van der Waals surface area contributed by atoms with E-state index in [-0.39, 0.29) is 23.8 Å². The zero-order valence-electron chi connectivity index (χ0n) is 18.8. The van der Waals surface area contributed by atoms with E-state index in [2.05, 4.69) is 20.6 Å². The Morgan fingerprint density at radius 1 is 1.00 bits per heavy atom. The number of nitrogens with one attached hydrogen (secondary N) is 2. The molecule has 7 heteroatoms.